The number of ether oxygens (including phenoxy) is 1. The van der Waals surface area contributed by atoms with Crippen LogP contribution in [0.25, 0.3) is 0 Å². The highest BCUT2D eigenvalue weighted by Crippen LogP contribution is 2.06. The van der Waals surface area contributed by atoms with E-state index in [1.54, 1.807) is 20.0 Å². The van der Waals surface area contributed by atoms with Gasteiger partial charge in [-0.15, -0.1) is 0 Å². The average molecular weight is 181 g/mol. The second-order valence-corrected chi connectivity index (χ2v) is 2.27. The zero-order chi connectivity index (χ0) is 10.3. The van der Waals surface area contributed by atoms with Gasteiger partial charge in [-0.25, -0.2) is 4.79 Å². The summed E-state index contributed by atoms with van der Waals surface area (Å²) >= 11 is 0. The van der Waals surface area contributed by atoms with Crippen LogP contribution in [0.1, 0.15) is 6.92 Å². The second-order valence-electron chi connectivity index (χ2n) is 2.27. The van der Waals surface area contributed by atoms with Gasteiger partial charge in [0.2, 0.25) is 0 Å². The number of hydrogen-bond acceptors (Lipinski definition) is 3. The van der Waals surface area contributed by atoms with Crippen molar-refractivity contribution in [3.8, 4) is 0 Å². The molecule has 0 unspecified atom stereocenters. The number of hydrogen-bond donors (Lipinski definition) is 1. The fourth-order valence-corrected chi connectivity index (χ4v) is 0.753. The van der Waals surface area contributed by atoms with Crippen molar-refractivity contribution in [3.05, 3.63) is 36.6 Å². The van der Waals surface area contributed by atoms with E-state index in [0.717, 1.165) is 0 Å². The van der Waals surface area contributed by atoms with Crippen molar-refractivity contribution >= 4 is 5.97 Å². The van der Waals surface area contributed by atoms with E-state index in [9.17, 15) is 4.79 Å². The maximum atomic E-state index is 11.3. The molecule has 0 atom stereocenters. The number of likely N-dealkylation sites (N-methyl/N-ethyl adjacent to an activating group) is 1. The van der Waals surface area contributed by atoms with Crippen molar-refractivity contribution in [2.75, 3.05) is 13.7 Å². The molecule has 0 aromatic heterocycles. The van der Waals surface area contributed by atoms with Gasteiger partial charge < -0.3 is 10.1 Å². The summed E-state index contributed by atoms with van der Waals surface area (Å²) in [5, 5.41) is 2.78. The number of esters is 1. The number of carbonyl (C=O) groups excluding carboxylic acids is 1. The predicted octanol–water partition coefficient (Wildman–Crippen LogP) is 1.40. The van der Waals surface area contributed by atoms with E-state index in [1.807, 2.05) is 0 Å². The van der Waals surface area contributed by atoms with Crippen LogP contribution in [0.4, 0.5) is 0 Å². The molecule has 0 heterocycles. The fourth-order valence-electron chi connectivity index (χ4n) is 0.753. The van der Waals surface area contributed by atoms with Gasteiger partial charge in [0, 0.05) is 12.7 Å². The third kappa shape index (κ3) is 3.60. The van der Waals surface area contributed by atoms with Gasteiger partial charge in [0.15, 0.2) is 0 Å². The Bertz CT molecular complexity index is 241. The molecule has 0 fully saturated rings. The minimum absolute atomic E-state index is 0.351. The zero-order valence-electron chi connectivity index (χ0n) is 8.09. The summed E-state index contributed by atoms with van der Waals surface area (Å²) in [6.45, 7) is 9.28. The third-order valence-electron chi connectivity index (χ3n) is 1.41. The minimum atomic E-state index is -0.387. The first-order valence-electron chi connectivity index (χ1n) is 4.04. The topological polar surface area (TPSA) is 38.3 Å². The highest BCUT2D eigenvalue weighted by atomic mass is 16.5. The van der Waals surface area contributed by atoms with E-state index in [1.165, 1.54) is 6.08 Å². The molecule has 0 spiro atoms. The smallest absolute Gasteiger partial charge is 0.340 e. The molecule has 0 aromatic rings. The highest BCUT2D eigenvalue weighted by Gasteiger charge is 2.11. The van der Waals surface area contributed by atoms with Crippen LogP contribution in [-0.2, 0) is 9.53 Å². The molecular weight excluding hydrogens is 166 g/mol. The van der Waals surface area contributed by atoms with Gasteiger partial charge in [0.1, 0.15) is 0 Å². The molecule has 0 aliphatic carbocycles. The molecular formula is C10H15NO2. The van der Waals surface area contributed by atoms with E-state index >= 15 is 0 Å². The summed E-state index contributed by atoms with van der Waals surface area (Å²) in [5.41, 5.74) is 0.928. The van der Waals surface area contributed by atoms with Gasteiger partial charge in [0.25, 0.3) is 0 Å². The largest absolute Gasteiger partial charge is 0.462 e. The zero-order valence-corrected chi connectivity index (χ0v) is 8.09. The lowest BCUT2D eigenvalue weighted by molar-refractivity contribution is -0.138. The van der Waals surface area contributed by atoms with E-state index in [0.29, 0.717) is 17.9 Å². The minimum Gasteiger partial charge on any atom is -0.462 e. The molecule has 1 N–H and O–H groups in total. The monoisotopic (exact) mass is 181 g/mol. The molecule has 3 heteroatoms. The maximum absolute atomic E-state index is 11.3. The molecule has 0 aliphatic rings. The van der Waals surface area contributed by atoms with E-state index < -0.39 is 0 Å². The third-order valence-corrected chi connectivity index (χ3v) is 1.41. The first kappa shape index (κ1) is 11.5. The SMILES string of the molecule is C=C/C=C(\C(=C)NC)C(=O)OCC. The summed E-state index contributed by atoms with van der Waals surface area (Å²) in [4.78, 5) is 11.3. The summed E-state index contributed by atoms with van der Waals surface area (Å²) in [6.07, 6.45) is 3.09. The Morgan fingerprint density at radius 3 is 2.62 bits per heavy atom. The van der Waals surface area contributed by atoms with Crippen LogP contribution >= 0.6 is 0 Å². The van der Waals surface area contributed by atoms with Gasteiger partial charge >= 0.3 is 5.97 Å². The second kappa shape index (κ2) is 6.06. The van der Waals surface area contributed by atoms with E-state index in [4.69, 9.17) is 4.74 Å². The Balaban J connectivity index is 4.61. The van der Waals surface area contributed by atoms with Crippen LogP contribution in [0.3, 0.4) is 0 Å². The first-order chi connectivity index (χ1) is 6.17. The summed E-state index contributed by atoms with van der Waals surface area (Å²) < 4.78 is 4.82. The first-order valence-corrected chi connectivity index (χ1v) is 4.04. The lowest BCUT2D eigenvalue weighted by Gasteiger charge is -2.08. The van der Waals surface area contributed by atoms with E-state index in [2.05, 4.69) is 18.5 Å². The molecule has 0 bridgehead atoms. The molecule has 72 valence electrons. The van der Waals surface area contributed by atoms with Crippen molar-refractivity contribution in [2.24, 2.45) is 0 Å². The Morgan fingerprint density at radius 2 is 2.23 bits per heavy atom. The number of carbonyl (C=O) groups is 1. The van der Waals surface area contributed by atoms with Crippen LogP contribution < -0.4 is 5.32 Å². The van der Waals surface area contributed by atoms with Gasteiger partial charge in [0.05, 0.1) is 12.2 Å². The lowest BCUT2D eigenvalue weighted by Crippen LogP contribution is -2.16. The predicted molar refractivity (Wildman–Crippen MR) is 53.1 cm³/mol. The van der Waals surface area contributed by atoms with Crippen LogP contribution in [-0.4, -0.2) is 19.6 Å². The Hall–Kier alpha value is -1.51. The number of allylic oxidation sites excluding steroid dienone is 2. The van der Waals surface area contributed by atoms with E-state index in [-0.39, 0.29) is 5.97 Å². The quantitative estimate of drug-likeness (QED) is 0.396. The molecule has 0 aliphatic heterocycles. The fraction of sp³-hybridized carbons (Fsp3) is 0.300. The molecule has 3 nitrogen and oxygen atoms in total. The Labute approximate surface area is 78.8 Å². The van der Waals surface area contributed by atoms with Gasteiger partial charge in [-0.05, 0) is 13.0 Å². The van der Waals surface area contributed by atoms with Gasteiger partial charge in [-0.1, -0.05) is 19.2 Å². The Kier molecular flexibility index (Phi) is 5.35. The molecule has 0 saturated heterocycles. The summed E-state index contributed by atoms with van der Waals surface area (Å²) in [6, 6.07) is 0. The van der Waals surface area contributed by atoms with Crippen molar-refractivity contribution in [3.63, 3.8) is 0 Å². The van der Waals surface area contributed by atoms with Crippen LogP contribution in [0.15, 0.2) is 36.6 Å². The molecule has 0 aromatic carbocycles. The van der Waals surface area contributed by atoms with Gasteiger partial charge in [-0.2, -0.15) is 0 Å². The van der Waals surface area contributed by atoms with Crippen LogP contribution in [0, 0.1) is 0 Å². The summed E-state index contributed by atoms with van der Waals surface area (Å²) in [5.74, 6) is -0.387. The highest BCUT2D eigenvalue weighted by molar-refractivity contribution is 5.93. The number of nitrogens with one attached hydrogen (secondary N) is 1. The Morgan fingerprint density at radius 1 is 1.62 bits per heavy atom. The van der Waals surface area contributed by atoms with Crippen molar-refractivity contribution in [1.29, 1.82) is 0 Å². The summed E-state index contributed by atoms with van der Waals surface area (Å²) in [7, 11) is 1.69. The molecule has 0 saturated carbocycles. The number of rotatable bonds is 5. The van der Waals surface area contributed by atoms with Crippen LogP contribution in [0.5, 0.6) is 0 Å². The molecule has 0 radical (unpaired) electrons. The molecule has 0 amide bonds. The average Bonchev–Trinajstić information content (AvgIpc) is 2.13. The van der Waals surface area contributed by atoms with Crippen molar-refractivity contribution in [1.82, 2.24) is 5.32 Å². The van der Waals surface area contributed by atoms with Gasteiger partial charge in [-0.3, -0.25) is 0 Å². The molecule has 13 heavy (non-hydrogen) atoms. The standard InChI is InChI=1S/C10H15NO2/c1-5-7-9(8(3)11-4)10(12)13-6-2/h5,7,11H,1,3,6H2,2,4H3/b9-7+. The normalized spacial score (nSPS) is 10.5. The maximum Gasteiger partial charge on any atom is 0.340 e. The van der Waals surface area contributed by atoms with Crippen LogP contribution in [0.2, 0.25) is 0 Å². The van der Waals surface area contributed by atoms with Crippen molar-refractivity contribution in [2.45, 2.75) is 6.92 Å². The molecule has 0 rings (SSSR count). The lowest BCUT2D eigenvalue weighted by atomic mass is 10.2. The van der Waals surface area contributed by atoms with Crippen molar-refractivity contribution < 1.29 is 9.53 Å².